The summed E-state index contributed by atoms with van der Waals surface area (Å²) in [5.74, 6) is 0.132. The Hall–Kier alpha value is -2.25. The van der Waals surface area contributed by atoms with Gasteiger partial charge in [0.15, 0.2) is 0 Å². The fraction of sp³-hybridized carbons (Fsp3) is 0.333. The van der Waals surface area contributed by atoms with E-state index in [4.69, 9.17) is 0 Å². The van der Waals surface area contributed by atoms with Gasteiger partial charge in [-0.25, -0.2) is 8.42 Å². The molecule has 1 aliphatic heterocycles. The Bertz CT molecular complexity index is 1010. The first-order valence-electron chi connectivity index (χ1n) is 8.39. The van der Waals surface area contributed by atoms with Crippen LogP contribution in [0.5, 0.6) is 0 Å². The predicted octanol–water partition coefficient (Wildman–Crippen LogP) is 2.54. The zero-order valence-corrected chi connectivity index (χ0v) is 14.9. The lowest BCUT2D eigenvalue weighted by molar-refractivity contribution is 0.312. The number of piperidine rings is 1. The highest BCUT2D eigenvalue weighted by atomic mass is 32.2. The van der Waals surface area contributed by atoms with Crippen LogP contribution in [-0.2, 0) is 17.1 Å². The summed E-state index contributed by atoms with van der Waals surface area (Å²) in [5, 5.41) is 5.29. The van der Waals surface area contributed by atoms with E-state index in [9.17, 15) is 8.42 Å². The highest BCUT2D eigenvalue weighted by Gasteiger charge is 2.32. The Labute approximate surface area is 147 Å². The van der Waals surface area contributed by atoms with Gasteiger partial charge in [-0.3, -0.25) is 9.67 Å². The number of nitrogens with zero attached hydrogens (tertiary/aromatic N) is 4. The molecule has 0 N–H and O–H groups in total. The van der Waals surface area contributed by atoms with Gasteiger partial charge in [0.2, 0.25) is 10.0 Å². The molecule has 130 valence electrons. The smallest absolute Gasteiger partial charge is 0.245 e. The number of aromatic nitrogens is 3. The van der Waals surface area contributed by atoms with E-state index < -0.39 is 10.0 Å². The first kappa shape index (κ1) is 16.2. The van der Waals surface area contributed by atoms with Crippen molar-refractivity contribution in [2.75, 3.05) is 13.1 Å². The molecule has 1 atom stereocenters. The molecule has 7 heteroatoms. The van der Waals surface area contributed by atoms with Crippen LogP contribution in [0.3, 0.4) is 0 Å². The molecular formula is C18H20N4O2S. The number of benzene rings is 1. The lowest BCUT2D eigenvalue weighted by Gasteiger charge is -2.31. The molecule has 0 spiro atoms. The minimum absolute atomic E-state index is 0.132. The number of pyridine rings is 1. The molecule has 1 aromatic carbocycles. The zero-order valence-electron chi connectivity index (χ0n) is 14.0. The van der Waals surface area contributed by atoms with Crippen molar-refractivity contribution in [3.05, 3.63) is 54.5 Å². The van der Waals surface area contributed by atoms with E-state index in [1.54, 1.807) is 27.3 Å². The van der Waals surface area contributed by atoms with Crippen LogP contribution in [0.4, 0.5) is 0 Å². The highest BCUT2D eigenvalue weighted by Crippen LogP contribution is 2.31. The molecule has 0 saturated carbocycles. The summed E-state index contributed by atoms with van der Waals surface area (Å²) in [7, 11) is -1.71. The molecule has 0 bridgehead atoms. The number of hydrogen-bond acceptors (Lipinski definition) is 4. The molecule has 2 aromatic heterocycles. The van der Waals surface area contributed by atoms with Gasteiger partial charge in [-0.15, -0.1) is 0 Å². The summed E-state index contributed by atoms with van der Waals surface area (Å²) in [6.45, 7) is 0.997. The van der Waals surface area contributed by atoms with Gasteiger partial charge in [-0.1, -0.05) is 18.2 Å². The first-order valence-corrected chi connectivity index (χ1v) is 9.83. The number of hydrogen-bond donors (Lipinski definition) is 0. The Morgan fingerprint density at radius 1 is 1.16 bits per heavy atom. The standard InChI is InChI=1S/C18H20N4O2S/c1-21-12-9-16(20-21)15-7-4-11-22(13-15)25(23,24)17-8-2-5-14-6-3-10-19-18(14)17/h2-3,5-6,8-10,12,15H,4,7,11,13H2,1H3/t15-/m1/s1. The van der Waals surface area contributed by atoms with Crippen LogP contribution < -0.4 is 0 Å². The summed E-state index contributed by atoms with van der Waals surface area (Å²) < 4.78 is 29.8. The van der Waals surface area contributed by atoms with Crippen molar-refractivity contribution in [3.8, 4) is 0 Å². The van der Waals surface area contributed by atoms with E-state index in [-0.39, 0.29) is 10.8 Å². The highest BCUT2D eigenvalue weighted by molar-refractivity contribution is 7.89. The molecular weight excluding hydrogens is 336 g/mol. The molecule has 4 rings (SSSR count). The predicted molar refractivity (Wildman–Crippen MR) is 95.7 cm³/mol. The second-order valence-corrected chi connectivity index (χ2v) is 8.35. The van der Waals surface area contributed by atoms with Gasteiger partial charge in [0, 0.05) is 43.8 Å². The number of aryl methyl sites for hydroxylation is 1. The van der Waals surface area contributed by atoms with Crippen LogP contribution in [0.25, 0.3) is 10.9 Å². The summed E-state index contributed by atoms with van der Waals surface area (Å²) in [4.78, 5) is 4.59. The van der Waals surface area contributed by atoms with Crippen LogP contribution in [-0.4, -0.2) is 40.6 Å². The molecule has 1 aliphatic rings. The Balaban J connectivity index is 1.69. The minimum atomic E-state index is -3.59. The topological polar surface area (TPSA) is 68.1 Å². The van der Waals surface area contributed by atoms with E-state index in [1.807, 2.05) is 37.5 Å². The largest absolute Gasteiger partial charge is 0.276 e. The Kier molecular flexibility index (Phi) is 4.05. The molecule has 3 heterocycles. The zero-order chi connectivity index (χ0) is 17.4. The van der Waals surface area contributed by atoms with E-state index in [2.05, 4.69) is 10.1 Å². The van der Waals surface area contributed by atoms with Crippen molar-refractivity contribution in [1.82, 2.24) is 19.1 Å². The quantitative estimate of drug-likeness (QED) is 0.723. The van der Waals surface area contributed by atoms with Gasteiger partial charge in [-0.2, -0.15) is 9.40 Å². The monoisotopic (exact) mass is 356 g/mol. The van der Waals surface area contributed by atoms with Crippen molar-refractivity contribution in [2.24, 2.45) is 7.05 Å². The number of para-hydroxylation sites is 1. The van der Waals surface area contributed by atoms with Gasteiger partial charge in [0.1, 0.15) is 4.90 Å². The molecule has 0 aliphatic carbocycles. The average Bonchev–Trinajstić information content (AvgIpc) is 3.08. The van der Waals surface area contributed by atoms with Crippen molar-refractivity contribution in [1.29, 1.82) is 0 Å². The maximum atomic E-state index is 13.2. The van der Waals surface area contributed by atoms with Crippen LogP contribution in [0.15, 0.2) is 53.7 Å². The maximum Gasteiger partial charge on any atom is 0.245 e. The van der Waals surface area contributed by atoms with Crippen molar-refractivity contribution in [2.45, 2.75) is 23.7 Å². The summed E-state index contributed by atoms with van der Waals surface area (Å²) >= 11 is 0. The Morgan fingerprint density at radius 3 is 2.80 bits per heavy atom. The van der Waals surface area contributed by atoms with Crippen LogP contribution in [0.1, 0.15) is 24.5 Å². The van der Waals surface area contributed by atoms with E-state index >= 15 is 0 Å². The summed E-state index contributed by atoms with van der Waals surface area (Å²) in [6, 6.07) is 11.0. The molecule has 1 fully saturated rings. The fourth-order valence-corrected chi connectivity index (χ4v) is 5.17. The summed E-state index contributed by atoms with van der Waals surface area (Å²) in [5.41, 5.74) is 1.49. The molecule has 0 radical (unpaired) electrons. The average molecular weight is 356 g/mol. The van der Waals surface area contributed by atoms with Gasteiger partial charge in [0.25, 0.3) is 0 Å². The van der Waals surface area contributed by atoms with Crippen molar-refractivity contribution >= 4 is 20.9 Å². The molecule has 0 amide bonds. The SMILES string of the molecule is Cn1ccc([C@@H]2CCCN(S(=O)(=O)c3cccc4cccnc34)C2)n1. The molecule has 3 aromatic rings. The maximum absolute atomic E-state index is 13.2. The lowest BCUT2D eigenvalue weighted by Crippen LogP contribution is -2.39. The Morgan fingerprint density at radius 2 is 2.00 bits per heavy atom. The third-order valence-electron chi connectivity index (χ3n) is 4.75. The minimum Gasteiger partial charge on any atom is -0.276 e. The van der Waals surface area contributed by atoms with Crippen LogP contribution in [0, 0.1) is 0 Å². The van der Waals surface area contributed by atoms with Gasteiger partial charge < -0.3 is 0 Å². The third kappa shape index (κ3) is 2.94. The molecule has 1 saturated heterocycles. The van der Waals surface area contributed by atoms with E-state index in [1.165, 1.54) is 0 Å². The number of rotatable bonds is 3. The molecule has 25 heavy (non-hydrogen) atoms. The molecule has 0 unspecified atom stereocenters. The number of fused-ring (bicyclic) bond motifs is 1. The van der Waals surface area contributed by atoms with Gasteiger partial charge in [-0.05, 0) is 31.0 Å². The lowest BCUT2D eigenvalue weighted by atomic mass is 9.96. The van der Waals surface area contributed by atoms with Gasteiger partial charge >= 0.3 is 0 Å². The first-order chi connectivity index (χ1) is 12.1. The third-order valence-corrected chi connectivity index (χ3v) is 6.65. The van der Waals surface area contributed by atoms with Crippen molar-refractivity contribution in [3.63, 3.8) is 0 Å². The van der Waals surface area contributed by atoms with Crippen LogP contribution in [0.2, 0.25) is 0 Å². The van der Waals surface area contributed by atoms with Crippen LogP contribution >= 0.6 is 0 Å². The van der Waals surface area contributed by atoms with Gasteiger partial charge in [0.05, 0.1) is 11.2 Å². The summed E-state index contributed by atoms with van der Waals surface area (Å²) in [6.07, 6.45) is 5.32. The fourth-order valence-electron chi connectivity index (χ4n) is 3.48. The number of sulfonamides is 1. The van der Waals surface area contributed by atoms with Crippen molar-refractivity contribution < 1.29 is 8.42 Å². The second kappa shape index (κ2) is 6.24. The van der Waals surface area contributed by atoms with E-state index in [0.717, 1.165) is 23.9 Å². The molecule has 6 nitrogen and oxygen atoms in total. The van der Waals surface area contributed by atoms with E-state index in [0.29, 0.717) is 18.6 Å². The normalized spacial score (nSPS) is 19.3. The second-order valence-electron chi connectivity index (χ2n) is 6.45.